The monoisotopic (exact) mass is 626 g/mol. The van der Waals surface area contributed by atoms with Crippen molar-refractivity contribution in [2.75, 3.05) is 13.6 Å². The van der Waals surface area contributed by atoms with Gasteiger partial charge >= 0.3 is 6.09 Å². The Bertz CT molecular complexity index is 1460. The molecule has 2 heterocycles. The van der Waals surface area contributed by atoms with Crippen molar-refractivity contribution in [3.8, 4) is 5.75 Å². The second-order valence-corrected chi connectivity index (χ2v) is 12.8. The van der Waals surface area contributed by atoms with Crippen molar-refractivity contribution in [2.45, 2.75) is 76.8 Å². The smallest absolute Gasteiger partial charge is 0.410 e. The van der Waals surface area contributed by atoms with Crippen molar-refractivity contribution < 1.29 is 33.7 Å². The number of halogens is 1. The Hall–Kier alpha value is -4.03. The molecule has 4 atom stereocenters. The molecule has 1 fully saturated rings. The van der Waals surface area contributed by atoms with E-state index in [1.807, 2.05) is 0 Å². The second kappa shape index (κ2) is 13.7. The van der Waals surface area contributed by atoms with Crippen LogP contribution in [0.5, 0.6) is 5.75 Å². The van der Waals surface area contributed by atoms with Gasteiger partial charge in [-0.1, -0.05) is 24.3 Å². The number of hydrogen-bond acceptors (Lipinski definition) is 8. The van der Waals surface area contributed by atoms with Gasteiger partial charge < -0.3 is 25.2 Å². The lowest BCUT2D eigenvalue weighted by Crippen LogP contribution is -2.54. The first-order chi connectivity index (χ1) is 20.7. The zero-order chi connectivity index (χ0) is 32.2. The number of likely N-dealkylation sites (tertiary alicyclic amines) is 1. The van der Waals surface area contributed by atoms with E-state index in [1.54, 1.807) is 50.1 Å². The van der Waals surface area contributed by atoms with Crippen LogP contribution in [0.1, 0.15) is 74.5 Å². The number of phenols is 1. The van der Waals surface area contributed by atoms with Crippen LogP contribution in [0.2, 0.25) is 0 Å². The summed E-state index contributed by atoms with van der Waals surface area (Å²) in [6, 6.07) is 9.70. The Morgan fingerprint density at radius 1 is 1.16 bits per heavy atom. The molecule has 10 nitrogen and oxygen atoms in total. The molecule has 44 heavy (non-hydrogen) atoms. The normalized spacial score (nSPS) is 17.1. The molecule has 0 aliphatic carbocycles. The molecule has 0 saturated carbocycles. The molecule has 3 N–H and O–H groups in total. The third kappa shape index (κ3) is 8.11. The molecule has 0 bridgehead atoms. The van der Waals surface area contributed by atoms with Crippen LogP contribution in [0, 0.1) is 5.82 Å². The van der Waals surface area contributed by atoms with E-state index in [1.165, 1.54) is 59.7 Å². The minimum absolute atomic E-state index is 0.0790. The standard InChI is InChI=1S/C32H39FN4O6S/c1-19(36(5)31(42)43-32(2,3)4)28(40)34-24(17-20-8-14-23(38)15-9-20)30(41)37-16-6-7-26(37)29-35-25(18-44-29)27(39)21-10-12-22(33)13-11-21/h8-15,18-19,24,26-27,38-39H,6-7,16-17H2,1-5H3,(H,34,40)/t19-,24-,26-,27?/m0/s1. The molecule has 3 amide bonds. The molecule has 1 unspecified atom stereocenters. The van der Waals surface area contributed by atoms with Crippen LogP contribution in [-0.4, -0.2) is 74.2 Å². The van der Waals surface area contributed by atoms with Gasteiger partial charge in [-0.05, 0) is 75.9 Å². The van der Waals surface area contributed by atoms with Crippen LogP contribution in [-0.2, 0) is 20.7 Å². The van der Waals surface area contributed by atoms with E-state index in [2.05, 4.69) is 10.3 Å². The fourth-order valence-electron chi connectivity index (χ4n) is 4.91. The summed E-state index contributed by atoms with van der Waals surface area (Å²) in [4.78, 5) is 47.6. The topological polar surface area (TPSA) is 132 Å². The van der Waals surface area contributed by atoms with Gasteiger partial charge in [-0.2, -0.15) is 0 Å². The van der Waals surface area contributed by atoms with E-state index < -0.39 is 41.6 Å². The molecule has 1 aliphatic rings. The Morgan fingerprint density at radius 2 is 1.82 bits per heavy atom. The lowest BCUT2D eigenvalue weighted by molar-refractivity contribution is -0.138. The van der Waals surface area contributed by atoms with Crippen LogP contribution in [0.4, 0.5) is 9.18 Å². The second-order valence-electron chi connectivity index (χ2n) is 12.0. The predicted molar refractivity (Wildman–Crippen MR) is 163 cm³/mol. The number of ether oxygens (including phenoxy) is 1. The molecule has 1 aromatic heterocycles. The van der Waals surface area contributed by atoms with Crippen LogP contribution in [0.3, 0.4) is 0 Å². The minimum atomic E-state index is -1.05. The first-order valence-corrected chi connectivity index (χ1v) is 15.3. The Morgan fingerprint density at radius 3 is 2.45 bits per heavy atom. The third-order valence-electron chi connectivity index (χ3n) is 7.46. The zero-order valence-electron chi connectivity index (χ0n) is 25.5. The number of rotatable bonds is 9. The average molecular weight is 627 g/mol. The Labute approximate surface area is 260 Å². The lowest BCUT2D eigenvalue weighted by Gasteiger charge is -2.31. The summed E-state index contributed by atoms with van der Waals surface area (Å²) in [5.41, 5.74) is 0.895. The highest BCUT2D eigenvalue weighted by atomic mass is 32.1. The average Bonchev–Trinajstić information content (AvgIpc) is 3.66. The van der Waals surface area contributed by atoms with E-state index in [0.717, 1.165) is 12.0 Å². The fourth-order valence-corrected chi connectivity index (χ4v) is 5.89. The van der Waals surface area contributed by atoms with Crippen LogP contribution >= 0.6 is 11.3 Å². The number of phenolic OH excluding ortho intramolecular Hbond substituents is 1. The SMILES string of the molecule is C[C@@H](C(=O)N[C@@H](Cc1ccc(O)cc1)C(=O)N1CCC[C@H]1c1nc(C(O)c2ccc(F)cc2)cs1)N(C)C(=O)OC(C)(C)C. The molecule has 1 aliphatic heterocycles. The van der Waals surface area contributed by atoms with Gasteiger partial charge in [-0.15, -0.1) is 11.3 Å². The maximum atomic E-state index is 14.1. The van der Waals surface area contributed by atoms with Crippen LogP contribution in [0.15, 0.2) is 53.9 Å². The number of nitrogens with zero attached hydrogens (tertiary/aromatic N) is 3. The van der Waals surface area contributed by atoms with E-state index in [-0.39, 0.29) is 24.1 Å². The number of likely N-dealkylation sites (N-methyl/N-ethyl adjacent to an activating group) is 1. The molecular weight excluding hydrogens is 587 g/mol. The summed E-state index contributed by atoms with van der Waals surface area (Å²) < 4.78 is 18.8. The number of thiazole rings is 1. The first kappa shape index (κ1) is 32.9. The quantitative estimate of drug-likeness (QED) is 0.313. The first-order valence-electron chi connectivity index (χ1n) is 14.5. The minimum Gasteiger partial charge on any atom is -0.508 e. The van der Waals surface area contributed by atoms with Gasteiger partial charge in [0.1, 0.15) is 40.4 Å². The summed E-state index contributed by atoms with van der Waals surface area (Å²) in [5, 5.41) is 25.8. The van der Waals surface area contributed by atoms with E-state index in [4.69, 9.17) is 4.74 Å². The Kier molecular flexibility index (Phi) is 10.3. The van der Waals surface area contributed by atoms with Crippen LogP contribution in [0.25, 0.3) is 0 Å². The third-order valence-corrected chi connectivity index (χ3v) is 8.42. The zero-order valence-corrected chi connectivity index (χ0v) is 26.3. The van der Waals surface area contributed by atoms with E-state index in [0.29, 0.717) is 29.2 Å². The van der Waals surface area contributed by atoms with Gasteiger partial charge in [0.05, 0.1) is 11.7 Å². The number of amides is 3. The van der Waals surface area contributed by atoms with Gasteiger partial charge in [-0.3, -0.25) is 14.5 Å². The molecule has 3 aromatic rings. The molecule has 0 spiro atoms. The highest BCUT2D eigenvalue weighted by Crippen LogP contribution is 2.36. The van der Waals surface area contributed by atoms with Crippen molar-refractivity contribution in [1.82, 2.24) is 20.1 Å². The molecular formula is C32H39FN4O6S. The lowest BCUT2D eigenvalue weighted by atomic mass is 10.0. The Balaban J connectivity index is 1.54. The summed E-state index contributed by atoms with van der Waals surface area (Å²) in [6.07, 6.45) is -0.171. The van der Waals surface area contributed by atoms with Gasteiger partial charge in [-0.25, -0.2) is 14.2 Å². The molecule has 2 aromatic carbocycles. The fraction of sp³-hybridized carbons (Fsp3) is 0.438. The van der Waals surface area contributed by atoms with Crippen molar-refractivity contribution in [3.63, 3.8) is 0 Å². The van der Waals surface area contributed by atoms with Gasteiger partial charge in [0, 0.05) is 25.4 Å². The molecule has 4 rings (SSSR count). The number of benzene rings is 2. The van der Waals surface area contributed by atoms with Crippen molar-refractivity contribution in [1.29, 1.82) is 0 Å². The van der Waals surface area contributed by atoms with Gasteiger partial charge in [0.25, 0.3) is 0 Å². The molecule has 1 saturated heterocycles. The summed E-state index contributed by atoms with van der Waals surface area (Å²) in [7, 11) is 1.46. The number of aromatic hydroxyl groups is 1. The van der Waals surface area contributed by atoms with E-state index in [9.17, 15) is 29.0 Å². The highest BCUT2D eigenvalue weighted by Gasteiger charge is 2.38. The predicted octanol–water partition coefficient (Wildman–Crippen LogP) is 4.72. The maximum absolute atomic E-state index is 14.1. The molecule has 12 heteroatoms. The summed E-state index contributed by atoms with van der Waals surface area (Å²) in [5.74, 6) is -1.16. The van der Waals surface area contributed by atoms with Crippen molar-refractivity contribution in [2.24, 2.45) is 0 Å². The number of carbonyl (C=O) groups is 3. The van der Waals surface area contributed by atoms with Gasteiger partial charge in [0.2, 0.25) is 11.8 Å². The maximum Gasteiger partial charge on any atom is 0.410 e. The van der Waals surface area contributed by atoms with Crippen molar-refractivity contribution in [3.05, 3.63) is 81.6 Å². The van der Waals surface area contributed by atoms with E-state index >= 15 is 0 Å². The van der Waals surface area contributed by atoms with Crippen molar-refractivity contribution >= 4 is 29.2 Å². The summed E-state index contributed by atoms with van der Waals surface area (Å²) >= 11 is 1.33. The number of hydrogen-bond donors (Lipinski definition) is 3. The number of nitrogens with one attached hydrogen (secondary N) is 1. The number of aromatic nitrogens is 1. The molecule has 236 valence electrons. The number of aliphatic hydroxyl groups is 1. The highest BCUT2D eigenvalue weighted by molar-refractivity contribution is 7.09. The van der Waals surface area contributed by atoms with Gasteiger partial charge in [0.15, 0.2) is 0 Å². The number of carbonyl (C=O) groups excluding carboxylic acids is 3. The van der Waals surface area contributed by atoms with Crippen LogP contribution < -0.4 is 5.32 Å². The summed E-state index contributed by atoms with van der Waals surface area (Å²) in [6.45, 7) is 7.21. The number of aliphatic hydroxyl groups excluding tert-OH is 1. The molecule has 0 radical (unpaired) electrons. The largest absolute Gasteiger partial charge is 0.508 e.